The minimum absolute atomic E-state index is 0.0527. The van der Waals surface area contributed by atoms with E-state index in [1.807, 2.05) is 55.2 Å². The molecule has 7 heteroatoms. The van der Waals surface area contributed by atoms with Gasteiger partial charge in [-0.2, -0.15) is 5.10 Å². The van der Waals surface area contributed by atoms with Gasteiger partial charge in [0.15, 0.2) is 5.82 Å². The number of aryl methyl sites for hydroxylation is 2. The number of nitrogens with one attached hydrogen (secondary N) is 1. The van der Waals surface area contributed by atoms with E-state index in [1.54, 1.807) is 0 Å². The molecule has 4 aromatic rings. The number of anilines is 2. The first kappa shape index (κ1) is 19.7. The van der Waals surface area contributed by atoms with Crippen LogP contribution in [0.5, 0.6) is 0 Å². The molecule has 0 spiro atoms. The fourth-order valence-electron chi connectivity index (χ4n) is 3.96. The Kier molecular flexibility index (Phi) is 5.36. The molecule has 31 heavy (non-hydrogen) atoms. The smallest absolute Gasteiger partial charge is 0.153 e. The van der Waals surface area contributed by atoms with Crippen molar-refractivity contribution in [3.63, 3.8) is 0 Å². The van der Waals surface area contributed by atoms with Gasteiger partial charge < -0.3 is 10.1 Å². The zero-order valence-corrected chi connectivity index (χ0v) is 17.8. The maximum absolute atomic E-state index is 6.07. The van der Waals surface area contributed by atoms with Gasteiger partial charge in [0, 0.05) is 50.0 Å². The van der Waals surface area contributed by atoms with Crippen LogP contribution >= 0.6 is 0 Å². The Morgan fingerprint density at radius 1 is 1.10 bits per heavy atom. The van der Waals surface area contributed by atoms with E-state index >= 15 is 0 Å². The van der Waals surface area contributed by atoms with Gasteiger partial charge in [0.2, 0.25) is 0 Å². The second-order valence-electron chi connectivity index (χ2n) is 7.99. The summed E-state index contributed by atoms with van der Waals surface area (Å²) < 4.78 is 7.91. The highest BCUT2D eigenvalue weighted by Crippen LogP contribution is 2.24. The molecular formula is C24H26N6O. The molecule has 158 valence electrons. The van der Waals surface area contributed by atoms with Gasteiger partial charge in [0.25, 0.3) is 0 Å². The summed E-state index contributed by atoms with van der Waals surface area (Å²) in [6.45, 7) is 5.32. The van der Waals surface area contributed by atoms with Crippen molar-refractivity contribution in [3.05, 3.63) is 77.7 Å². The highest BCUT2D eigenvalue weighted by Gasteiger charge is 2.23. The highest BCUT2D eigenvalue weighted by molar-refractivity contribution is 5.78. The summed E-state index contributed by atoms with van der Waals surface area (Å²) >= 11 is 0. The van der Waals surface area contributed by atoms with Crippen molar-refractivity contribution in [1.82, 2.24) is 24.6 Å². The fourth-order valence-corrected chi connectivity index (χ4v) is 3.96. The van der Waals surface area contributed by atoms with Crippen LogP contribution in [0.25, 0.3) is 10.9 Å². The Morgan fingerprint density at radius 3 is 2.90 bits per heavy atom. The van der Waals surface area contributed by atoms with Crippen LogP contribution < -0.4 is 5.32 Å². The second-order valence-corrected chi connectivity index (χ2v) is 7.99. The van der Waals surface area contributed by atoms with E-state index in [-0.39, 0.29) is 6.10 Å². The molecular weight excluding hydrogens is 388 g/mol. The molecule has 1 fully saturated rings. The number of morpholine rings is 1. The molecule has 1 aromatic carbocycles. The topological polar surface area (TPSA) is 68.1 Å². The number of nitrogens with zero attached hydrogens (tertiary/aromatic N) is 5. The van der Waals surface area contributed by atoms with Crippen LogP contribution in [0.1, 0.15) is 23.1 Å². The lowest BCUT2D eigenvalue weighted by Gasteiger charge is -2.32. The second kappa shape index (κ2) is 8.45. The van der Waals surface area contributed by atoms with Gasteiger partial charge in [-0.25, -0.2) is 4.98 Å². The zero-order chi connectivity index (χ0) is 21.2. The SMILES string of the molecule is Cc1cc(Nc2cccc([C@@H]3CN(Cc4ccc5ncccc5c4)CCO3)n2)nn1C. The number of hydrogen-bond acceptors (Lipinski definition) is 6. The lowest BCUT2D eigenvalue weighted by molar-refractivity contribution is -0.0349. The summed E-state index contributed by atoms with van der Waals surface area (Å²) in [5, 5.41) is 8.92. The Hall–Kier alpha value is -3.29. The number of pyridine rings is 2. The van der Waals surface area contributed by atoms with Crippen LogP contribution in [0.15, 0.2) is 60.8 Å². The molecule has 3 aromatic heterocycles. The van der Waals surface area contributed by atoms with Gasteiger partial charge in [-0.3, -0.25) is 14.6 Å². The summed E-state index contributed by atoms with van der Waals surface area (Å²) in [5.41, 5.74) is 4.34. The molecule has 0 unspecified atom stereocenters. The lowest BCUT2D eigenvalue weighted by atomic mass is 10.1. The minimum atomic E-state index is -0.0527. The van der Waals surface area contributed by atoms with Crippen molar-refractivity contribution >= 4 is 22.5 Å². The van der Waals surface area contributed by atoms with Gasteiger partial charge in [-0.15, -0.1) is 0 Å². The molecule has 1 aliphatic rings. The number of aromatic nitrogens is 4. The molecule has 5 rings (SSSR count). The molecule has 1 saturated heterocycles. The maximum atomic E-state index is 6.07. The monoisotopic (exact) mass is 414 g/mol. The third kappa shape index (κ3) is 4.42. The van der Waals surface area contributed by atoms with Gasteiger partial charge in [-0.1, -0.05) is 18.2 Å². The van der Waals surface area contributed by atoms with Crippen molar-refractivity contribution in [2.75, 3.05) is 25.0 Å². The summed E-state index contributed by atoms with van der Waals surface area (Å²) in [5.74, 6) is 1.57. The third-order valence-corrected chi connectivity index (χ3v) is 5.69. The van der Waals surface area contributed by atoms with Gasteiger partial charge in [0.1, 0.15) is 11.9 Å². The van der Waals surface area contributed by atoms with Crippen molar-refractivity contribution in [3.8, 4) is 0 Å². The number of ether oxygens (including phenoxy) is 1. The molecule has 1 atom stereocenters. The molecule has 0 amide bonds. The largest absolute Gasteiger partial charge is 0.369 e. The Labute approximate surface area is 181 Å². The van der Waals surface area contributed by atoms with Crippen LogP contribution in [0.4, 0.5) is 11.6 Å². The van der Waals surface area contributed by atoms with Gasteiger partial charge in [0.05, 0.1) is 17.8 Å². The van der Waals surface area contributed by atoms with Crippen LogP contribution in [-0.2, 0) is 18.3 Å². The zero-order valence-electron chi connectivity index (χ0n) is 17.8. The number of fused-ring (bicyclic) bond motifs is 1. The first-order valence-electron chi connectivity index (χ1n) is 10.6. The number of benzene rings is 1. The average molecular weight is 415 g/mol. The van der Waals surface area contributed by atoms with E-state index in [0.717, 1.165) is 48.2 Å². The standard InChI is InChI=1S/C24H26N6O/c1-17-13-24(28-29(17)2)27-23-7-3-6-21(26-23)22-16-30(11-12-31-22)15-18-8-9-20-19(14-18)5-4-10-25-20/h3-10,13-14,22H,11-12,15-16H2,1-2H3,(H,26,27,28)/t22-/m0/s1. The van der Waals surface area contributed by atoms with Crippen LogP contribution in [0.2, 0.25) is 0 Å². The summed E-state index contributed by atoms with van der Waals surface area (Å²) in [6.07, 6.45) is 1.78. The van der Waals surface area contributed by atoms with E-state index in [9.17, 15) is 0 Å². The molecule has 0 saturated carbocycles. The molecule has 0 bridgehead atoms. The van der Waals surface area contributed by atoms with Crippen molar-refractivity contribution in [2.45, 2.75) is 19.6 Å². The van der Waals surface area contributed by atoms with E-state index in [0.29, 0.717) is 6.61 Å². The summed E-state index contributed by atoms with van der Waals surface area (Å²) in [4.78, 5) is 11.6. The Balaban J connectivity index is 1.28. The molecule has 7 nitrogen and oxygen atoms in total. The molecule has 4 heterocycles. The summed E-state index contributed by atoms with van der Waals surface area (Å²) in [7, 11) is 1.93. The average Bonchev–Trinajstić information content (AvgIpc) is 3.10. The maximum Gasteiger partial charge on any atom is 0.153 e. The van der Waals surface area contributed by atoms with Crippen molar-refractivity contribution < 1.29 is 4.74 Å². The first-order valence-corrected chi connectivity index (χ1v) is 10.6. The molecule has 0 aliphatic carbocycles. The quantitative estimate of drug-likeness (QED) is 0.533. The minimum Gasteiger partial charge on any atom is -0.369 e. The third-order valence-electron chi connectivity index (χ3n) is 5.69. The predicted octanol–water partition coefficient (Wildman–Crippen LogP) is 3.99. The van der Waals surface area contributed by atoms with Crippen molar-refractivity contribution in [2.24, 2.45) is 7.05 Å². The van der Waals surface area contributed by atoms with E-state index < -0.39 is 0 Å². The van der Waals surface area contributed by atoms with Crippen molar-refractivity contribution in [1.29, 1.82) is 0 Å². The van der Waals surface area contributed by atoms with E-state index in [2.05, 4.69) is 44.6 Å². The fraction of sp³-hybridized carbons (Fsp3) is 0.292. The normalized spacial score (nSPS) is 17.2. The van der Waals surface area contributed by atoms with Gasteiger partial charge in [-0.05, 0) is 42.8 Å². The first-order chi connectivity index (χ1) is 15.1. The molecule has 1 N–H and O–H groups in total. The highest BCUT2D eigenvalue weighted by atomic mass is 16.5. The molecule has 1 aliphatic heterocycles. The van der Waals surface area contributed by atoms with E-state index in [4.69, 9.17) is 9.72 Å². The van der Waals surface area contributed by atoms with Crippen LogP contribution in [0.3, 0.4) is 0 Å². The summed E-state index contributed by atoms with van der Waals surface area (Å²) in [6, 6.07) is 18.6. The van der Waals surface area contributed by atoms with E-state index in [1.165, 1.54) is 10.9 Å². The number of rotatable bonds is 5. The number of hydrogen-bond donors (Lipinski definition) is 1. The Morgan fingerprint density at radius 2 is 2.03 bits per heavy atom. The van der Waals surface area contributed by atoms with Crippen LogP contribution in [-0.4, -0.2) is 44.3 Å². The van der Waals surface area contributed by atoms with Gasteiger partial charge >= 0.3 is 0 Å². The Bertz CT molecular complexity index is 1180. The van der Waals surface area contributed by atoms with Crippen LogP contribution in [0, 0.1) is 6.92 Å². The predicted molar refractivity (Wildman–Crippen MR) is 121 cm³/mol. The lowest BCUT2D eigenvalue weighted by Crippen LogP contribution is -2.38. The molecule has 0 radical (unpaired) electrons.